The van der Waals surface area contributed by atoms with Crippen molar-refractivity contribution in [3.63, 3.8) is 0 Å². The SMILES string of the molecule is CC(OC1CCCCO1)c1nccn1Cc1cc(-c2ccc(C#Cc3ccc(OCC#N)cc3)cc2)on1. The van der Waals surface area contributed by atoms with E-state index in [0.717, 1.165) is 54.1 Å². The normalized spacial score (nSPS) is 15.7. The van der Waals surface area contributed by atoms with Crippen LogP contribution < -0.4 is 4.74 Å². The maximum Gasteiger partial charge on any atom is 0.174 e. The summed E-state index contributed by atoms with van der Waals surface area (Å²) in [7, 11) is 0. The van der Waals surface area contributed by atoms with Gasteiger partial charge in [0.1, 0.15) is 29.4 Å². The van der Waals surface area contributed by atoms with Crippen molar-refractivity contribution in [2.45, 2.75) is 45.1 Å². The molecule has 0 bridgehead atoms. The highest BCUT2D eigenvalue weighted by atomic mass is 16.7. The average Bonchev–Trinajstić information content (AvgIpc) is 3.62. The molecule has 38 heavy (non-hydrogen) atoms. The van der Waals surface area contributed by atoms with Crippen molar-refractivity contribution < 1.29 is 18.7 Å². The molecule has 2 unspecified atom stereocenters. The minimum Gasteiger partial charge on any atom is -0.479 e. The van der Waals surface area contributed by atoms with Crippen LogP contribution >= 0.6 is 0 Å². The predicted molar refractivity (Wildman–Crippen MR) is 140 cm³/mol. The van der Waals surface area contributed by atoms with Gasteiger partial charge in [-0.1, -0.05) is 17.0 Å². The molecule has 0 aliphatic carbocycles. The van der Waals surface area contributed by atoms with Crippen LogP contribution in [0, 0.1) is 23.2 Å². The van der Waals surface area contributed by atoms with Crippen LogP contribution in [-0.4, -0.2) is 34.2 Å². The monoisotopic (exact) mass is 508 g/mol. The lowest BCUT2D eigenvalue weighted by molar-refractivity contribution is -0.188. The highest BCUT2D eigenvalue weighted by molar-refractivity contribution is 5.59. The molecule has 8 heteroatoms. The second kappa shape index (κ2) is 12.2. The Labute approximate surface area is 221 Å². The average molecular weight is 509 g/mol. The van der Waals surface area contributed by atoms with Crippen LogP contribution in [0.2, 0.25) is 0 Å². The molecule has 1 fully saturated rings. The number of nitrogens with zero attached hydrogens (tertiary/aromatic N) is 4. The summed E-state index contributed by atoms with van der Waals surface area (Å²) in [6, 6.07) is 19.1. The zero-order valence-corrected chi connectivity index (χ0v) is 21.2. The molecule has 0 spiro atoms. The van der Waals surface area contributed by atoms with Crippen molar-refractivity contribution in [1.82, 2.24) is 14.7 Å². The Kier molecular flexibility index (Phi) is 8.15. The number of nitriles is 1. The second-order valence-electron chi connectivity index (χ2n) is 8.97. The summed E-state index contributed by atoms with van der Waals surface area (Å²) in [5, 5.41) is 12.9. The number of rotatable bonds is 8. The lowest BCUT2D eigenvalue weighted by atomic mass is 10.1. The van der Waals surface area contributed by atoms with Crippen LogP contribution in [0.4, 0.5) is 0 Å². The van der Waals surface area contributed by atoms with E-state index in [1.807, 2.05) is 66.2 Å². The Morgan fingerprint density at radius 3 is 2.55 bits per heavy atom. The third-order valence-electron chi connectivity index (χ3n) is 6.17. The van der Waals surface area contributed by atoms with Gasteiger partial charge in [0.2, 0.25) is 0 Å². The molecule has 1 aliphatic rings. The van der Waals surface area contributed by atoms with Crippen molar-refractivity contribution in [3.8, 4) is 35.0 Å². The maximum atomic E-state index is 8.59. The van der Waals surface area contributed by atoms with Gasteiger partial charge in [0, 0.05) is 41.8 Å². The van der Waals surface area contributed by atoms with E-state index in [9.17, 15) is 0 Å². The summed E-state index contributed by atoms with van der Waals surface area (Å²) in [5.74, 6) is 8.47. The first-order valence-electron chi connectivity index (χ1n) is 12.6. The third kappa shape index (κ3) is 6.49. The van der Waals surface area contributed by atoms with Crippen LogP contribution in [0.3, 0.4) is 0 Å². The number of hydrogen-bond donors (Lipinski definition) is 0. The minimum absolute atomic E-state index is 0.0268. The van der Waals surface area contributed by atoms with Gasteiger partial charge in [0.05, 0.1) is 6.54 Å². The third-order valence-corrected chi connectivity index (χ3v) is 6.17. The number of benzene rings is 2. The zero-order valence-electron chi connectivity index (χ0n) is 21.2. The molecule has 0 saturated carbocycles. The van der Waals surface area contributed by atoms with Crippen LogP contribution in [0.25, 0.3) is 11.3 Å². The van der Waals surface area contributed by atoms with Gasteiger partial charge in [-0.2, -0.15) is 5.26 Å². The number of aromatic nitrogens is 3. The van der Waals surface area contributed by atoms with Crippen LogP contribution in [0.1, 0.15) is 54.9 Å². The van der Waals surface area contributed by atoms with Gasteiger partial charge < -0.3 is 23.3 Å². The van der Waals surface area contributed by atoms with Crippen LogP contribution in [0.5, 0.6) is 5.75 Å². The van der Waals surface area contributed by atoms with Crippen molar-refractivity contribution >= 4 is 0 Å². The van der Waals surface area contributed by atoms with Gasteiger partial charge in [0.25, 0.3) is 0 Å². The van der Waals surface area contributed by atoms with E-state index in [0.29, 0.717) is 18.1 Å². The minimum atomic E-state index is -0.192. The Balaban J connectivity index is 1.20. The predicted octanol–water partition coefficient (Wildman–Crippen LogP) is 5.49. The molecule has 2 aromatic heterocycles. The van der Waals surface area contributed by atoms with Crippen molar-refractivity contribution in [2.24, 2.45) is 0 Å². The first-order chi connectivity index (χ1) is 18.7. The zero-order chi connectivity index (χ0) is 26.2. The van der Waals surface area contributed by atoms with Crippen LogP contribution in [-0.2, 0) is 16.0 Å². The summed E-state index contributed by atoms with van der Waals surface area (Å²) >= 11 is 0. The summed E-state index contributed by atoms with van der Waals surface area (Å²) in [6.07, 6.45) is 6.45. The lowest BCUT2D eigenvalue weighted by Crippen LogP contribution is -2.24. The topological polar surface area (TPSA) is 95.3 Å². The maximum absolute atomic E-state index is 8.59. The summed E-state index contributed by atoms with van der Waals surface area (Å²) in [4.78, 5) is 4.50. The molecule has 4 aromatic rings. The fourth-order valence-electron chi connectivity index (χ4n) is 4.23. The van der Waals surface area contributed by atoms with Crippen molar-refractivity contribution in [3.05, 3.63) is 89.6 Å². The first kappa shape index (κ1) is 25.3. The molecule has 0 amide bonds. The van der Waals surface area contributed by atoms with E-state index in [4.69, 9.17) is 24.0 Å². The van der Waals surface area contributed by atoms with Crippen molar-refractivity contribution in [1.29, 1.82) is 5.26 Å². The molecule has 1 aliphatic heterocycles. The summed E-state index contributed by atoms with van der Waals surface area (Å²) in [5.41, 5.74) is 3.47. The summed E-state index contributed by atoms with van der Waals surface area (Å²) < 4.78 is 24.7. The Morgan fingerprint density at radius 2 is 1.84 bits per heavy atom. The Morgan fingerprint density at radius 1 is 1.08 bits per heavy atom. The lowest BCUT2D eigenvalue weighted by Gasteiger charge is -2.26. The van der Waals surface area contributed by atoms with Gasteiger partial charge in [-0.25, -0.2) is 4.98 Å². The molecule has 2 aromatic carbocycles. The quantitative estimate of drug-likeness (QED) is 0.290. The largest absolute Gasteiger partial charge is 0.479 e. The standard InChI is InChI=1S/C30H28N4O4/c1-22(37-29-4-2-3-18-36-29)30-32-16-17-34(30)21-26-20-28(38-33-26)25-11-7-23(8-12-25)5-6-24-9-13-27(14-10-24)35-19-15-31/h7-14,16-17,20,22,29H,2-4,18-19,21H2,1H3. The molecule has 3 heterocycles. The number of ether oxygens (including phenoxy) is 3. The summed E-state index contributed by atoms with van der Waals surface area (Å²) in [6.45, 7) is 3.30. The van der Waals surface area contributed by atoms with E-state index < -0.39 is 0 Å². The highest BCUT2D eigenvalue weighted by Gasteiger charge is 2.21. The first-order valence-corrected chi connectivity index (χ1v) is 12.6. The molecule has 2 atom stereocenters. The highest BCUT2D eigenvalue weighted by Crippen LogP contribution is 2.25. The Hall–Kier alpha value is -4.37. The number of imidazole rings is 1. The molecule has 1 saturated heterocycles. The van der Waals surface area contributed by atoms with Gasteiger partial charge in [-0.05, 0) is 74.7 Å². The van der Waals surface area contributed by atoms with E-state index >= 15 is 0 Å². The molecule has 192 valence electrons. The second-order valence-corrected chi connectivity index (χ2v) is 8.97. The Bertz CT molecular complexity index is 1430. The molecule has 0 N–H and O–H groups in total. The van der Waals surface area contributed by atoms with E-state index in [-0.39, 0.29) is 19.0 Å². The van der Waals surface area contributed by atoms with Gasteiger partial charge in [0.15, 0.2) is 18.7 Å². The van der Waals surface area contributed by atoms with Crippen molar-refractivity contribution in [2.75, 3.05) is 13.2 Å². The van der Waals surface area contributed by atoms with E-state index in [2.05, 4.69) is 22.0 Å². The molecule has 8 nitrogen and oxygen atoms in total. The van der Waals surface area contributed by atoms with Gasteiger partial charge in [-0.3, -0.25) is 0 Å². The van der Waals surface area contributed by atoms with E-state index in [1.54, 1.807) is 18.3 Å². The molecular weight excluding hydrogens is 480 g/mol. The molecule has 5 rings (SSSR count). The van der Waals surface area contributed by atoms with E-state index in [1.165, 1.54) is 0 Å². The van der Waals surface area contributed by atoms with Gasteiger partial charge >= 0.3 is 0 Å². The van der Waals surface area contributed by atoms with Gasteiger partial charge in [-0.15, -0.1) is 0 Å². The fourth-order valence-corrected chi connectivity index (χ4v) is 4.23. The van der Waals surface area contributed by atoms with Crippen LogP contribution in [0.15, 0.2) is 71.5 Å². The fraction of sp³-hybridized carbons (Fsp3) is 0.300. The molecule has 0 radical (unpaired) electrons. The smallest absolute Gasteiger partial charge is 0.174 e. The molecular formula is C30H28N4O4. The number of hydrogen-bond acceptors (Lipinski definition) is 7.